The third-order valence-electron chi connectivity index (χ3n) is 4.57. The number of carboxylic acid groups (broad SMARTS) is 1. The fourth-order valence-electron chi connectivity index (χ4n) is 3.38. The maximum Gasteiger partial charge on any atom is 0.412 e. The molecule has 2 heterocycles. The number of aryl methyl sites for hydroxylation is 2. The molecule has 1 amide bonds. The molecule has 0 saturated carbocycles. The van der Waals surface area contributed by atoms with Crippen molar-refractivity contribution in [2.24, 2.45) is 12.5 Å². The summed E-state index contributed by atoms with van der Waals surface area (Å²) in [6, 6.07) is 3.64. The van der Waals surface area contributed by atoms with Gasteiger partial charge >= 0.3 is 11.8 Å². The lowest BCUT2D eigenvalue weighted by Crippen LogP contribution is -2.49. The third-order valence-corrected chi connectivity index (χ3v) is 4.57. The Morgan fingerprint density at radius 3 is 2.64 bits per heavy atom. The minimum atomic E-state index is -0.944. The van der Waals surface area contributed by atoms with Gasteiger partial charge in [0.2, 0.25) is 0 Å². The van der Waals surface area contributed by atoms with Crippen molar-refractivity contribution < 1.29 is 9.90 Å². The molecule has 0 radical (unpaired) electrons. The lowest BCUT2D eigenvalue weighted by Gasteiger charge is -2.42. The second-order valence-corrected chi connectivity index (χ2v) is 7.06. The lowest BCUT2D eigenvalue weighted by atomic mass is 9.79. The van der Waals surface area contributed by atoms with Gasteiger partial charge in [-0.2, -0.15) is 0 Å². The van der Waals surface area contributed by atoms with E-state index in [0.717, 1.165) is 29.4 Å². The van der Waals surface area contributed by atoms with E-state index in [4.69, 9.17) is 0 Å². The van der Waals surface area contributed by atoms with Crippen molar-refractivity contribution in [1.82, 2.24) is 9.55 Å². The number of hydrogen-bond donors (Lipinski definition) is 2. The van der Waals surface area contributed by atoms with Crippen LogP contribution in [0.5, 0.6) is 0 Å². The summed E-state index contributed by atoms with van der Waals surface area (Å²) < 4.78 is 1.51. The summed E-state index contributed by atoms with van der Waals surface area (Å²) in [6.45, 7) is 6.18. The normalized spacial score (nSPS) is 18.5. The van der Waals surface area contributed by atoms with Crippen LogP contribution in [0.3, 0.4) is 0 Å². The van der Waals surface area contributed by atoms with E-state index < -0.39 is 6.09 Å². The minimum absolute atomic E-state index is 0.0779. The highest BCUT2D eigenvalue weighted by molar-refractivity contribution is 5.93. The minimum Gasteiger partial charge on any atom is -0.465 e. The Balaban J connectivity index is 2.24. The van der Waals surface area contributed by atoms with Gasteiger partial charge in [-0.15, -0.1) is 0 Å². The summed E-state index contributed by atoms with van der Waals surface area (Å²) in [7, 11) is 1.68. The molecular weight excluding hydrogens is 282 g/mol. The van der Waals surface area contributed by atoms with Crippen LogP contribution in [0.25, 0.3) is 11.0 Å². The van der Waals surface area contributed by atoms with Crippen LogP contribution in [0.4, 0.5) is 10.5 Å². The first-order chi connectivity index (χ1) is 10.2. The number of nitrogens with one attached hydrogen (secondary N) is 1. The largest absolute Gasteiger partial charge is 0.465 e. The molecule has 0 fully saturated rings. The SMILES string of the molecule is Cn1c(=O)[nH]c2cc3c(cc21)N(C(=O)O)C(C(C)(C)C)CC3. The van der Waals surface area contributed by atoms with Crippen LogP contribution in [0.2, 0.25) is 0 Å². The number of nitrogens with zero attached hydrogens (tertiary/aromatic N) is 2. The topological polar surface area (TPSA) is 78.3 Å². The van der Waals surface area contributed by atoms with Gasteiger partial charge in [0, 0.05) is 13.1 Å². The van der Waals surface area contributed by atoms with E-state index in [1.165, 1.54) is 9.47 Å². The molecule has 0 bridgehead atoms. The molecule has 1 aromatic carbocycles. The van der Waals surface area contributed by atoms with Crippen LogP contribution in [-0.4, -0.2) is 26.8 Å². The fraction of sp³-hybridized carbons (Fsp3) is 0.500. The molecule has 2 aromatic rings. The molecule has 6 heteroatoms. The monoisotopic (exact) mass is 303 g/mol. The van der Waals surface area contributed by atoms with Crippen LogP contribution in [0.15, 0.2) is 16.9 Å². The molecule has 6 nitrogen and oxygen atoms in total. The number of H-pyrrole nitrogens is 1. The first-order valence-electron chi connectivity index (χ1n) is 7.44. The van der Waals surface area contributed by atoms with Crippen LogP contribution in [0, 0.1) is 5.41 Å². The van der Waals surface area contributed by atoms with E-state index in [0.29, 0.717) is 5.69 Å². The Morgan fingerprint density at radius 2 is 2.05 bits per heavy atom. The molecule has 0 aliphatic carbocycles. The van der Waals surface area contributed by atoms with Crippen molar-refractivity contribution in [3.8, 4) is 0 Å². The summed E-state index contributed by atoms with van der Waals surface area (Å²) in [5.74, 6) is 0. The molecule has 118 valence electrons. The Kier molecular flexibility index (Phi) is 3.09. The van der Waals surface area contributed by atoms with Crippen LogP contribution < -0.4 is 10.6 Å². The molecule has 1 unspecified atom stereocenters. The highest BCUT2D eigenvalue weighted by atomic mass is 16.4. The number of hydrogen-bond acceptors (Lipinski definition) is 2. The van der Waals surface area contributed by atoms with Crippen molar-refractivity contribution in [2.45, 2.75) is 39.7 Å². The smallest absolute Gasteiger partial charge is 0.412 e. The molecule has 2 N–H and O–H groups in total. The predicted octanol–water partition coefficient (Wildman–Crippen LogP) is 2.71. The van der Waals surface area contributed by atoms with Crippen LogP contribution >= 0.6 is 0 Å². The molecule has 0 saturated heterocycles. The number of rotatable bonds is 0. The quantitative estimate of drug-likeness (QED) is 0.785. The highest BCUT2D eigenvalue weighted by Crippen LogP contribution is 2.39. The Bertz CT molecular complexity index is 810. The molecule has 3 rings (SSSR count). The first kappa shape index (κ1) is 14.7. The summed E-state index contributed by atoms with van der Waals surface area (Å²) in [6.07, 6.45) is 0.653. The fourth-order valence-corrected chi connectivity index (χ4v) is 3.38. The summed E-state index contributed by atoms with van der Waals surface area (Å²) in [4.78, 5) is 27.9. The summed E-state index contributed by atoms with van der Waals surface area (Å²) in [5.41, 5.74) is 2.81. The highest BCUT2D eigenvalue weighted by Gasteiger charge is 2.38. The number of aromatic amines is 1. The average Bonchev–Trinajstić information content (AvgIpc) is 2.69. The Hall–Kier alpha value is -2.24. The maximum atomic E-state index is 11.8. The number of amides is 1. The second kappa shape index (κ2) is 4.63. The molecular formula is C16H21N3O3. The van der Waals surface area contributed by atoms with Gasteiger partial charge in [-0.05, 0) is 36.0 Å². The molecule has 1 aliphatic heterocycles. The van der Waals surface area contributed by atoms with E-state index >= 15 is 0 Å². The Labute approximate surface area is 128 Å². The predicted molar refractivity (Wildman–Crippen MR) is 85.6 cm³/mol. The van der Waals surface area contributed by atoms with Crippen molar-refractivity contribution in [2.75, 3.05) is 4.90 Å². The van der Waals surface area contributed by atoms with Crippen molar-refractivity contribution >= 4 is 22.8 Å². The van der Waals surface area contributed by atoms with Crippen molar-refractivity contribution in [3.05, 3.63) is 28.2 Å². The molecule has 1 aromatic heterocycles. The number of imidazole rings is 1. The summed E-state index contributed by atoms with van der Waals surface area (Å²) in [5, 5.41) is 9.71. The van der Waals surface area contributed by atoms with Gasteiger partial charge in [0.15, 0.2) is 0 Å². The average molecular weight is 303 g/mol. The van der Waals surface area contributed by atoms with E-state index in [2.05, 4.69) is 25.8 Å². The number of aromatic nitrogens is 2. The number of carbonyl (C=O) groups is 1. The van der Waals surface area contributed by atoms with Gasteiger partial charge in [-0.1, -0.05) is 20.8 Å². The van der Waals surface area contributed by atoms with Crippen LogP contribution in [0.1, 0.15) is 32.8 Å². The van der Waals surface area contributed by atoms with Gasteiger partial charge in [0.05, 0.1) is 16.7 Å². The van der Waals surface area contributed by atoms with E-state index in [-0.39, 0.29) is 17.1 Å². The van der Waals surface area contributed by atoms with Gasteiger partial charge in [0.25, 0.3) is 0 Å². The number of anilines is 1. The lowest BCUT2D eigenvalue weighted by molar-refractivity contribution is 0.186. The zero-order valence-electron chi connectivity index (χ0n) is 13.3. The maximum absolute atomic E-state index is 11.8. The van der Waals surface area contributed by atoms with Gasteiger partial charge in [-0.3, -0.25) is 9.47 Å². The summed E-state index contributed by atoms with van der Waals surface area (Å²) >= 11 is 0. The van der Waals surface area contributed by atoms with Crippen molar-refractivity contribution in [3.63, 3.8) is 0 Å². The van der Waals surface area contributed by atoms with Crippen LogP contribution in [-0.2, 0) is 13.5 Å². The van der Waals surface area contributed by atoms with Gasteiger partial charge in [0.1, 0.15) is 0 Å². The van der Waals surface area contributed by atoms with E-state index in [1.54, 1.807) is 7.05 Å². The van der Waals surface area contributed by atoms with Crippen molar-refractivity contribution in [1.29, 1.82) is 0 Å². The standard InChI is InChI=1S/C16H21N3O3/c1-16(2,3)13-6-5-9-7-10-12(18(4)14(20)17-10)8-11(9)19(13)15(21)22/h7-8,13H,5-6H2,1-4H3,(H,17,20)(H,21,22). The zero-order valence-corrected chi connectivity index (χ0v) is 13.3. The van der Waals surface area contributed by atoms with E-state index in [1.807, 2.05) is 12.1 Å². The molecule has 1 atom stereocenters. The number of benzene rings is 1. The zero-order chi connectivity index (χ0) is 16.2. The first-order valence-corrected chi connectivity index (χ1v) is 7.44. The molecule has 0 spiro atoms. The van der Waals surface area contributed by atoms with E-state index in [9.17, 15) is 14.7 Å². The second-order valence-electron chi connectivity index (χ2n) is 7.06. The molecule has 1 aliphatic rings. The van der Waals surface area contributed by atoms with Gasteiger partial charge in [-0.25, -0.2) is 9.59 Å². The number of fused-ring (bicyclic) bond motifs is 2. The third kappa shape index (κ3) is 2.10. The molecule has 22 heavy (non-hydrogen) atoms. The Morgan fingerprint density at radius 1 is 1.36 bits per heavy atom. The van der Waals surface area contributed by atoms with Gasteiger partial charge < -0.3 is 10.1 Å².